The number of benzene rings is 3. The number of rotatable bonds is 8. The smallest absolute Gasteiger partial charge is 0.337 e. The van der Waals surface area contributed by atoms with Crippen molar-refractivity contribution in [3.63, 3.8) is 0 Å². The molecule has 0 spiro atoms. The van der Waals surface area contributed by atoms with Crippen LogP contribution in [0.3, 0.4) is 0 Å². The molecule has 0 aromatic heterocycles. The quantitative estimate of drug-likeness (QED) is 0.192. The molecule has 5 rings (SSSR count). The Morgan fingerprint density at radius 1 is 0.800 bits per heavy atom. The van der Waals surface area contributed by atoms with Crippen LogP contribution in [-0.4, -0.2) is 44.3 Å². The molecule has 0 bridgehead atoms. The summed E-state index contributed by atoms with van der Waals surface area (Å²) >= 11 is 6.23. The monoisotopic (exact) mass is 629 g/mol. The average molecular weight is 630 g/mol. The van der Waals surface area contributed by atoms with Gasteiger partial charge in [-0.1, -0.05) is 99.5 Å². The number of anilines is 1. The Morgan fingerprint density at radius 2 is 1.38 bits per heavy atom. The predicted octanol–water partition coefficient (Wildman–Crippen LogP) is 7.24. The van der Waals surface area contributed by atoms with Crippen LogP contribution in [0, 0.1) is 11.8 Å². The minimum Gasteiger partial charge on any atom is -0.466 e. The minimum absolute atomic E-state index is 0.0238. The Bertz CT molecular complexity index is 1550. The molecule has 2 aliphatic rings. The molecule has 1 fully saturated rings. The van der Waals surface area contributed by atoms with Crippen LogP contribution in [0.4, 0.5) is 5.69 Å². The number of nitrogens with zero attached hydrogens (tertiary/aromatic N) is 1. The predicted molar refractivity (Wildman–Crippen MR) is 174 cm³/mol. The fraction of sp³-hybridized carbons (Fsp3) is 0.378. The lowest BCUT2D eigenvalue weighted by Crippen LogP contribution is -2.48. The van der Waals surface area contributed by atoms with E-state index in [2.05, 4.69) is 32.9 Å². The summed E-state index contributed by atoms with van der Waals surface area (Å²) < 4.78 is 16.9. The Kier molecular flexibility index (Phi) is 9.68. The van der Waals surface area contributed by atoms with Crippen molar-refractivity contribution in [3.05, 3.63) is 112 Å². The maximum absolute atomic E-state index is 14.7. The van der Waals surface area contributed by atoms with E-state index in [0.717, 1.165) is 12.8 Å². The zero-order chi connectivity index (χ0) is 32.3. The van der Waals surface area contributed by atoms with E-state index in [9.17, 15) is 14.4 Å². The van der Waals surface area contributed by atoms with E-state index < -0.39 is 36.1 Å². The summed E-state index contributed by atoms with van der Waals surface area (Å²) in [5.74, 6) is -1.77. The molecular formula is C37H40ClNO6. The lowest BCUT2D eigenvalue weighted by Gasteiger charge is -2.44. The number of hydrogen-bond donors (Lipinski definition) is 0. The Morgan fingerprint density at radius 3 is 1.98 bits per heavy atom. The van der Waals surface area contributed by atoms with E-state index in [0.29, 0.717) is 28.6 Å². The van der Waals surface area contributed by atoms with Crippen LogP contribution in [0.25, 0.3) is 0 Å². The Hall–Kier alpha value is -4.10. The minimum atomic E-state index is -1.27. The third kappa shape index (κ3) is 6.36. The Labute approximate surface area is 270 Å². The van der Waals surface area contributed by atoms with E-state index >= 15 is 0 Å². The van der Waals surface area contributed by atoms with Crippen molar-refractivity contribution < 1.29 is 28.6 Å². The van der Waals surface area contributed by atoms with Crippen LogP contribution in [0.1, 0.15) is 57.2 Å². The fourth-order valence-corrected chi connectivity index (χ4v) is 7.19. The first-order valence-corrected chi connectivity index (χ1v) is 15.7. The van der Waals surface area contributed by atoms with Crippen molar-refractivity contribution in [2.24, 2.45) is 11.8 Å². The van der Waals surface area contributed by atoms with Gasteiger partial charge in [0, 0.05) is 16.6 Å². The van der Waals surface area contributed by atoms with Gasteiger partial charge in [0.1, 0.15) is 6.10 Å². The number of carbonyl (C=O) groups is 3. The highest BCUT2D eigenvalue weighted by Gasteiger charge is 2.53. The highest BCUT2D eigenvalue weighted by Crippen LogP contribution is 2.47. The number of esters is 3. The molecule has 3 aromatic carbocycles. The molecule has 236 valence electrons. The van der Waals surface area contributed by atoms with Gasteiger partial charge in [-0.25, -0.2) is 14.4 Å². The van der Waals surface area contributed by atoms with Crippen LogP contribution in [0.15, 0.2) is 96.1 Å². The average Bonchev–Trinajstić information content (AvgIpc) is 3.41. The summed E-state index contributed by atoms with van der Waals surface area (Å²) in [5.41, 5.74) is 2.08. The zero-order valence-corrected chi connectivity index (χ0v) is 27.1. The topological polar surface area (TPSA) is 82.1 Å². The molecule has 3 aromatic rings. The van der Waals surface area contributed by atoms with Crippen LogP contribution in [-0.2, 0) is 34.0 Å². The SMILES string of the molecule is COC(=O)C1=C(C(=O)OC)C(c2ccc(Cl)cc2)N(c2ccccc2)C1C(=O)O[C@@H]1C[C@H](C)CC[C@H]1C(C)(C)c1ccccc1. The van der Waals surface area contributed by atoms with E-state index in [-0.39, 0.29) is 22.5 Å². The summed E-state index contributed by atoms with van der Waals surface area (Å²) in [5, 5.41) is 0.509. The first-order valence-electron chi connectivity index (χ1n) is 15.3. The number of hydrogen-bond acceptors (Lipinski definition) is 7. The van der Waals surface area contributed by atoms with Gasteiger partial charge < -0.3 is 19.1 Å². The van der Waals surface area contributed by atoms with E-state index in [1.54, 1.807) is 29.2 Å². The molecule has 8 heteroatoms. The van der Waals surface area contributed by atoms with Gasteiger partial charge in [-0.15, -0.1) is 0 Å². The highest BCUT2D eigenvalue weighted by molar-refractivity contribution is 6.30. The van der Waals surface area contributed by atoms with Crippen LogP contribution in [0.2, 0.25) is 5.02 Å². The lowest BCUT2D eigenvalue weighted by molar-refractivity contribution is -0.158. The van der Waals surface area contributed by atoms with Crippen LogP contribution < -0.4 is 4.90 Å². The van der Waals surface area contributed by atoms with Gasteiger partial charge in [-0.3, -0.25) is 0 Å². The van der Waals surface area contributed by atoms with Crippen molar-refractivity contribution in [3.8, 4) is 0 Å². The van der Waals surface area contributed by atoms with Crippen LogP contribution >= 0.6 is 11.6 Å². The molecule has 0 saturated heterocycles. The van der Waals surface area contributed by atoms with E-state index in [1.165, 1.54) is 19.8 Å². The molecule has 7 nitrogen and oxygen atoms in total. The maximum atomic E-state index is 14.7. The molecule has 0 amide bonds. The summed E-state index contributed by atoms with van der Waals surface area (Å²) in [6, 6.07) is 24.3. The van der Waals surface area contributed by atoms with Crippen molar-refractivity contribution in [1.82, 2.24) is 0 Å². The van der Waals surface area contributed by atoms with Gasteiger partial charge in [0.25, 0.3) is 0 Å². The van der Waals surface area contributed by atoms with Crippen molar-refractivity contribution in [2.45, 2.75) is 63.6 Å². The fourth-order valence-electron chi connectivity index (χ4n) is 7.07. The third-order valence-corrected chi connectivity index (χ3v) is 9.69. The van der Waals surface area contributed by atoms with E-state index in [4.69, 9.17) is 25.8 Å². The second kappa shape index (κ2) is 13.5. The molecule has 0 N–H and O–H groups in total. The number of ether oxygens (including phenoxy) is 3. The molecule has 2 unspecified atom stereocenters. The summed E-state index contributed by atoms with van der Waals surface area (Å²) in [4.78, 5) is 43.5. The molecule has 1 saturated carbocycles. The standard InChI is InChI=1S/C37H40ClNO6/c1-23-16-21-28(37(2,3)25-12-8-6-9-13-25)29(22-23)45-36(42)33-31(35(41)44-5)30(34(40)43-4)32(24-17-19-26(38)20-18-24)39(33)27-14-10-7-11-15-27/h6-15,17-20,23,28-29,32-33H,16,21-22H2,1-5H3/t23-,28-,29-,32?,33?/m1/s1. The van der Waals surface area contributed by atoms with Gasteiger partial charge in [0.2, 0.25) is 0 Å². The van der Waals surface area contributed by atoms with Crippen molar-refractivity contribution in [1.29, 1.82) is 0 Å². The van der Waals surface area contributed by atoms with Gasteiger partial charge >= 0.3 is 17.9 Å². The molecule has 1 heterocycles. The molecule has 45 heavy (non-hydrogen) atoms. The molecule has 1 aliphatic carbocycles. The third-order valence-electron chi connectivity index (χ3n) is 9.43. The lowest BCUT2D eigenvalue weighted by atomic mass is 9.64. The first kappa shape index (κ1) is 32.3. The largest absolute Gasteiger partial charge is 0.466 e. The van der Waals surface area contributed by atoms with Crippen molar-refractivity contribution in [2.75, 3.05) is 19.1 Å². The molecule has 1 aliphatic heterocycles. The summed E-state index contributed by atoms with van der Waals surface area (Å²) in [6.45, 7) is 6.56. The van der Waals surface area contributed by atoms with Gasteiger partial charge in [-0.2, -0.15) is 0 Å². The number of halogens is 1. The van der Waals surface area contributed by atoms with Gasteiger partial charge in [0.15, 0.2) is 6.04 Å². The summed E-state index contributed by atoms with van der Waals surface area (Å²) in [6.07, 6.45) is 2.18. The molecular weight excluding hydrogens is 590 g/mol. The summed E-state index contributed by atoms with van der Waals surface area (Å²) in [7, 11) is 2.48. The number of para-hydroxylation sites is 1. The number of carbonyl (C=O) groups excluding carboxylic acids is 3. The first-order chi connectivity index (χ1) is 21.6. The van der Waals surface area contributed by atoms with E-state index in [1.807, 2.05) is 48.5 Å². The van der Waals surface area contributed by atoms with Gasteiger partial charge in [0.05, 0.1) is 31.4 Å². The zero-order valence-electron chi connectivity index (χ0n) is 26.4. The number of methoxy groups -OCH3 is 2. The second-order valence-corrected chi connectivity index (χ2v) is 12.9. The molecule has 0 radical (unpaired) electrons. The Balaban J connectivity index is 1.64. The second-order valence-electron chi connectivity index (χ2n) is 12.5. The normalized spacial score (nSPS) is 23.4. The van der Waals surface area contributed by atoms with Crippen molar-refractivity contribution >= 4 is 35.2 Å². The highest BCUT2D eigenvalue weighted by atomic mass is 35.5. The van der Waals surface area contributed by atoms with Gasteiger partial charge in [-0.05, 0) is 59.6 Å². The maximum Gasteiger partial charge on any atom is 0.337 e. The molecule has 5 atom stereocenters. The van der Waals surface area contributed by atoms with Crippen LogP contribution in [0.5, 0.6) is 0 Å².